The molecule has 1 aliphatic rings. The minimum Gasteiger partial charge on any atom is -0.356 e. The lowest BCUT2D eigenvalue weighted by Crippen LogP contribution is -2.33. The van der Waals surface area contributed by atoms with Gasteiger partial charge < -0.3 is 15.2 Å². The smallest absolute Gasteiger partial charge is 0.227 e. The van der Waals surface area contributed by atoms with E-state index in [4.69, 9.17) is 0 Å². The maximum atomic E-state index is 12.6. The van der Waals surface area contributed by atoms with Crippen LogP contribution in [-0.4, -0.2) is 34.9 Å². The van der Waals surface area contributed by atoms with Crippen molar-refractivity contribution in [1.29, 1.82) is 0 Å². The van der Waals surface area contributed by atoms with Crippen LogP contribution in [-0.2, 0) is 16.0 Å². The van der Waals surface area contributed by atoms with E-state index in [-0.39, 0.29) is 24.2 Å². The number of rotatable bonds is 6. The number of imidazole rings is 1. The third kappa shape index (κ3) is 4.01. The van der Waals surface area contributed by atoms with Crippen molar-refractivity contribution >= 4 is 28.5 Å². The van der Waals surface area contributed by atoms with Gasteiger partial charge in [-0.15, -0.1) is 0 Å². The Kier molecular flexibility index (Phi) is 5.34. The van der Waals surface area contributed by atoms with Crippen molar-refractivity contribution in [3.05, 3.63) is 59.4 Å². The molecule has 0 radical (unpaired) electrons. The van der Waals surface area contributed by atoms with Crippen LogP contribution in [0, 0.1) is 19.8 Å². The van der Waals surface area contributed by atoms with Gasteiger partial charge in [0, 0.05) is 31.6 Å². The molecule has 0 bridgehead atoms. The van der Waals surface area contributed by atoms with Crippen molar-refractivity contribution in [1.82, 2.24) is 15.3 Å². The number of fused-ring (bicyclic) bond motifs is 1. The van der Waals surface area contributed by atoms with Gasteiger partial charge in [-0.1, -0.05) is 24.3 Å². The summed E-state index contributed by atoms with van der Waals surface area (Å²) in [7, 11) is 0. The number of aryl methyl sites for hydroxylation is 2. The Bertz CT molecular complexity index is 1020. The van der Waals surface area contributed by atoms with Crippen molar-refractivity contribution in [3.8, 4) is 0 Å². The predicted octanol–water partition coefficient (Wildman–Crippen LogP) is 3.28. The number of amides is 2. The number of aromatic amines is 1. The molecule has 150 valence electrons. The molecule has 29 heavy (non-hydrogen) atoms. The van der Waals surface area contributed by atoms with Gasteiger partial charge in [0.15, 0.2) is 0 Å². The zero-order valence-corrected chi connectivity index (χ0v) is 16.9. The van der Waals surface area contributed by atoms with Crippen molar-refractivity contribution in [2.24, 2.45) is 5.92 Å². The molecule has 1 fully saturated rings. The van der Waals surface area contributed by atoms with Crippen LogP contribution in [0.3, 0.4) is 0 Å². The lowest BCUT2D eigenvalue weighted by atomic mass is 10.1. The van der Waals surface area contributed by atoms with Gasteiger partial charge in [0.2, 0.25) is 11.8 Å². The highest BCUT2D eigenvalue weighted by Crippen LogP contribution is 2.29. The molecule has 2 heterocycles. The molecule has 4 rings (SSSR count). The van der Waals surface area contributed by atoms with Crippen LogP contribution in [0.15, 0.2) is 42.5 Å². The number of para-hydroxylation sites is 2. The number of benzene rings is 2. The lowest BCUT2D eigenvalue weighted by molar-refractivity contribution is -0.126. The maximum absolute atomic E-state index is 12.6. The van der Waals surface area contributed by atoms with Crippen LogP contribution in [0.5, 0.6) is 0 Å². The molecule has 1 aliphatic heterocycles. The summed E-state index contributed by atoms with van der Waals surface area (Å²) in [4.78, 5) is 34.7. The summed E-state index contributed by atoms with van der Waals surface area (Å²) in [5.41, 5.74) is 5.14. The molecule has 6 heteroatoms. The molecule has 1 saturated heterocycles. The number of nitrogens with one attached hydrogen (secondary N) is 2. The average molecular weight is 390 g/mol. The van der Waals surface area contributed by atoms with Gasteiger partial charge in [-0.25, -0.2) is 4.98 Å². The number of carbonyl (C=O) groups excluding carboxylic acids is 2. The Morgan fingerprint density at radius 3 is 2.86 bits per heavy atom. The quantitative estimate of drug-likeness (QED) is 0.634. The van der Waals surface area contributed by atoms with E-state index in [0.717, 1.165) is 46.5 Å². The Hall–Kier alpha value is -3.15. The number of aromatic nitrogens is 2. The van der Waals surface area contributed by atoms with Crippen molar-refractivity contribution in [3.63, 3.8) is 0 Å². The number of nitrogens with zero attached hydrogens (tertiary/aromatic N) is 2. The van der Waals surface area contributed by atoms with Gasteiger partial charge in [0.25, 0.3) is 0 Å². The van der Waals surface area contributed by atoms with E-state index in [9.17, 15) is 9.59 Å². The Balaban J connectivity index is 1.29. The second-order valence-corrected chi connectivity index (χ2v) is 7.72. The minimum atomic E-state index is -0.298. The van der Waals surface area contributed by atoms with E-state index in [0.29, 0.717) is 13.1 Å². The summed E-state index contributed by atoms with van der Waals surface area (Å²) < 4.78 is 0. The van der Waals surface area contributed by atoms with Gasteiger partial charge in [-0.05, 0) is 49.6 Å². The topological polar surface area (TPSA) is 78.1 Å². The minimum absolute atomic E-state index is 0.0149. The van der Waals surface area contributed by atoms with Crippen LogP contribution < -0.4 is 10.2 Å². The summed E-state index contributed by atoms with van der Waals surface area (Å²) in [5, 5.41) is 2.99. The first-order chi connectivity index (χ1) is 14.0. The van der Waals surface area contributed by atoms with Gasteiger partial charge >= 0.3 is 0 Å². The van der Waals surface area contributed by atoms with E-state index < -0.39 is 0 Å². The third-order valence-electron chi connectivity index (χ3n) is 5.69. The highest BCUT2D eigenvalue weighted by atomic mass is 16.2. The van der Waals surface area contributed by atoms with E-state index in [1.165, 1.54) is 0 Å². The zero-order valence-electron chi connectivity index (χ0n) is 16.9. The number of hydrogen-bond acceptors (Lipinski definition) is 3. The molecule has 0 spiro atoms. The summed E-state index contributed by atoms with van der Waals surface area (Å²) in [6.45, 7) is 5.07. The number of H-pyrrole nitrogens is 1. The van der Waals surface area contributed by atoms with E-state index >= 15 is 0 Å². The van der Waals surface area contributed by atoms with Crippen LogP contribution in [0.4, 0.5) is 5.69 Å². The molecular formula is C23H26N4O2. The SMILES string of the molecule is Cc1cccc(N2C[C@@H](C(=O)NCCCc3nc4ccccc4[nH]3)CC2=O)c1C. The molecule has 2 aromatic carbocycles. The van der Waals surface area contributed by atoms with Crippen LogP contribution in [0.1, 0.15) is 29.8 Å². The summed E-state index contributed by atoms with van der Waals surface area (Å²) in [6.07, 6.45) is 1.84. The van der Waals surface area contributed by atoms with E-state index in [1.807, 2.05) is 56.3 Å². The summed E-state index contributed by atoms with van der Waals surface area (Å²) >= 11 is 0. The summed E-state index contributed by atoms with van der Waals surface area (Å²) in [6, 6.07) is 13.9. The van der Waals surface area contributed by atoms with Gasteiger partial charge in [-0.2, -0.15) is 0 Å². The third-order valence-corrected chi connectivity index (χ3v) is 5.69. The largest absolute Gasteiger partial charge is 0.356 e. The molecule has 0 aliphatic carbocycles. The monoisotopic (exact) mass is 390 g/mol. The standard InChI is InChI=1S/C23H26N4O2/c1-15-7-5-10-20(16(15)2)27-14-17(13-22(27)28)23(29)24-12-6-11-21-25-18-8-3-4-9-19(18)26-21/h3-5,7-10,17H,6,11-14H2,1-2H3,(H,24,29)(H,25,26)/t17-/m0/s1. The molecule has 3 aromatic rings. The van der Waals surface area contributed by atoms with Crippen molar-refractivity contribution < 1.29 is 9.59 Å². The molecule has 1 atom stereocenters. The zero-order chi connectivity index (χ0) is 20.4. The lowest BCUT2D eigenvalue weighted by Gasteiger charge is -2.20. The second-order valence-electron chi connectivity index (χ2n) is 7.72. The molecule has 2 N–H and O–H groups in total. The van der Waals surface area contributed by atoms with Crippen molar-refractivity contribution in [2.75, 3.05) is 18.0 Å². The first kappa shape index (κ1) is 19.2. The highest BCUT2D eigenvalue weighted by Gasteiger charge is 2.35. The van der Waals surface area contributed by atoms with Crippen LogP contribution in [0.2, 0.25) is 0 Å². The normalized spacial score (nSPS) is 16.6. The van der Waals surface area contributed by atoms with Crippen LogP contribution >= 0.6 is 0 Å². The average Bonchev–Trinajstić information content (AvgIpc) is 3.30. The Morgan fingerprint density at radius 2 is 2.03 bits per heavy atom. The fourth-order valence-electron chi connectivity index (χ4n) is 3.88. The van der Waals surface area contributed by atoms with Gasteiger partial charge in [0.05, 0.1) is 17.0 Å². The highest BCUT2D eigenvalue weighted by molar-refractivity contribution is 6.00. The first-order valence-corrected chi connectivity index (χ1v) is 10.1. The van der Waals surface area contributed by atoms with Crippen LogP contribution in [0.25, 0.3) is 11.0 Å². The van der Waals surface area contributed by atoms with Gasteiger partial charge in [0.1, 0.15) is 5.82 Å². The number of carbonyl (C=O) groups is 2. The molecular weight excluding hydrogens is 364 g/mol. The Labute approximate surface area is 170 Å². The first-order valence-electron chi connectivity index (χ1n) is 10.1. The molecule has 1 aromatic heterocycles. The second kappa shape index (κ2) is 8.07. The van der Waals surface area contributed by atoms with E-state index in [1.54, 1.807) is 4.90 Å². The molecule has 6 nitrogen and oxygen atoms in total. The molecule has 2 amide bonds. The van der Waals surface area contributed by atoms with Crippen molar-refractivity contribution in [2.45, 2.75) is 33.1 Å². The fourth-order valence-corrected chi connectivity index (χ4v) is 3.88. The molecule has 0 unspecified atom stereocenters. The predicted molar refractivity (Wildman–Crippen MR) is 114 cm³/mol. The molecule has 0 saturated carbocycles. The number of anilines is 1. The van der Waals surface area contributed by atoms with E-state index in [2.05, 4.69) is 15.3 Å². The Morgan fingerprint density at radius 1 is 1.21 bits per heavy atom. The number of hydrogen-bond donors (Lipinski definition) is 2. The van der Waals surface area contributed by atoms with Gasteiger partial charge in [-0.3, -0.25) is 9.59 Å². The fraction of sp³-hybridized carbons (Fsp3) is 0.348. The maximum Gasteiger partial charge on any atom is 0.227 e. The summed E-state index contributed by atoms with van der Waals surface area (Å²) in [5.74, 6) is 0.600.